The SMILES string of the molecule is C=NN(/C=C(\C)N(C)C(C)=O)C(=O)N1CC2CN(Cc3ccc(Oc4nc5ccccc5s4)cc3Cl)CC2C1. The molecule has 2 saturated heterocycles. The summed E-state index contributed by atoms with van der Waals surface area (Å²) >= 11 is 8.15. The third-order valence-corrected chi connectivity index (χ3v) is 8.66. The van der Waals surface area contributed by atoms with E-state index in [9.17, 15) is 9.59 Å². The van der Waals surface area contributed by atoms with Gasteiger partial charge in [-0.05, 0) is 48.6 Å². The average molecular weight is 567 g/mol. The largest absolute Gasteiger partial charge is 0.431 e. The lowest BCUT2D eigenvalue weighted by Gasteiger charge is -2.25. The van der Waals surface area contributed by atoms with Gasteiger partial charge in [0.05, 0.1) is 16.4 Å². The fourth-order valence-electron chi connectivity index (χ4n) is 5.15. The monoisotopic (exact) mass is 566 g/mol. The Labute approximate surface area is 236 Å². The van der Waals surface area contributed by atoms with Gasteiger partial charge >= 0.3 is 6.03 Å². The number of urea groups is 1. The van der Waals surface area contributed by atoms with Gasteiger partial charge in [-0.15, -0.1) is 0 Å². The number of allylic oxidation sites excluding steroid dienone is 1. The number of thiazole rings is 1. The summed E-state index contributed by atoms with van der Waals surface area (Å²) < 4.78 is 7.05. The number of halogens is 1. The highest BCUT2D eigenvalue weighted by atomic mass is 35.5. The first kappa shape index (κ1) is 27.1. The number of aromatic nitrogens is 1. The van der Waals surface area contributed by atoms with Crippen molar-refractivity contribution in [3.63, 3.8) is 0 Å². The molecule has 2 fully saturated rings. The van der Waals surface area contributed by atoms with Crippen molar-refractivity contribution >= 4 is 51.8 Å². The number of amides is 3. The molecule has 2 unspecified atom stereocenters. The quantitative estimate of drug-likeness (QED) is 0.279. The second-order valence-corrected chi connectivity index (χ2v) is 11.4. The van der Waals surface area contributed by atoms with Crippen LogP contribution in [0.15, 0.2) is 59.5 Å². The van der Waals surface area contributed by atoms with Crippen LogP contribution in [0.25, 0.3) is 10.2 Å². The van der Waals surface area contributed by atoms with E-state index in [-0.39, 0.29) is 11.9 Å². The van der Waals surface area contributed by atoms with Crippen molar-refractivity contribution < 1.29 is 14.3 Å². The van der Waals surface area contributed by atoms with Crippen LogP contribution in [0.5, 0.6) is 10.9 Å². The van der Waals surface area contributed by atoms with E-state index in [0.29, 0.717) is 46.6 Å². The number of nitrogens with zero attached hydrogens (tertiary/aromatic N) is 6. The molecular weight excluding hydrogens is 536 g/mol. The number of rotatable bonds is 7. The lowest BCUT2D eigenvalue weighted by atomic mass is 10.0. The summed E-state index contributed by atoms with van der Waals surface area (Å²) in [6.45, 7) is 10.6. The van der Waals surface area contributed by atoms with Gasteiger partial charge in [0.2, 0.25) is 5.91 Å². The van der Waals surface area contributed by atoms with Crippen LogP contribution < -0.4 is 4.74 Å². The minimum absolute atomic E-state index is 0.119. The number of likely N-dealkylation sites (tertiary alicyclic amines) is 2. The molecule has 0 spiro atoms. The van der Waals surface area contributed by atoms with Crippen LogP contribution in [0.4, 0.5) is 4.79 Å². The highest BCUT2D eigenvalue weighted by molar-refractivity contribution is 7.20. The Morgan fingerprint density at radius 3 is 2.54 bits per heavy atom. The van der Waals surface area contributed by atoms with Gasteiger partial charge in [0.1, 0.15) is 5.75 Å². The van der Waals surface area contributed by atoms with Crippen molar-refractivity contribution in [3.8, 4) is 10.9 Å². The van der Waals surface area contributed by atoms with Crippen molar-refractivity contribution in [2.75, 3.05) is 33.2 Å². The van der Waals surface area contributed by atoms with E-state index in [0.717, 1.165) is 35.4 Å². The minimum Gasteiger partial charge on any atom is -0.431 e. The van der Waals surface area contributed by atoms with Crippen molar-refractivity contribution in [2.45, 2.75) is 20.4 Å². The summed E-state index contributed by atoms with van der Waals surface area (Å²) in [5, 5.41) is 6.34. The van der Waals surface area contributed by atoms with Gasteiger partial charge in [-0.25, -0.2) is 9.78 Å². The van der Waals surface area contributed by atoms with E-state index in [4.69, 9.17) is 16.3 Å². The summed E-state index contributed by atoms with van der Waals surface area (Å²) in [6, 6.07) is 13.5. The first-order valence-electron chi connectivity index (χ1n) is 12.7. The number of fused-ring (bicyclic) bond motifs is 2. The summed E-state index contributed by atoms with van der Waals surface area (Å²) in [5.41, 5.74) is 2.57. The molecule has 0 radical (unpaired) electrons. The molecule has 0 aliphatic carbocycles. The molecule has 39 heavy (non-hydrogen) atoms. The number of hydrazone groups is 1. The van der Waals surface area contributed by atoms with E-state index in [1.807, 2.05) is 47.4 Å². The van der Waals surface area contributed by atoms with Crippen LogP contribution in [0.3, 0.4) is 0 Å². The van der Waals surface area contributed by atoms with Gasteiger partial charge in [-0.3, -0.25) is 9.69 Å². The maximum atomic E-state index is 13.1. The molecule has 3 amide bonds. The maximum Gasteiger partial charge on any atom is 0.344 e. The number of hydrogen-bond donors (Lipinski definition) is 0. The molecule has 2 atom stereocenters. The average Bonchev–Trinajstić information content (AvgIpc) is 3.60. The smallest absolute Gasteiger partial charge is 0.344 e. The lowest BCUT2D eigenvalue weighted by molar-refractivity contribution is -0.125. The fraction of sp³-hybridized carbons (Fsp3) is 0.357. The maximum absolute atomic E-state index is 13.1. The van der Waals surface area contributed by atoms with Gasteiger partial charge in [0, 0.05) is 64.1 Å². The molecular formula is C28H31ClN6O3S. The Morgan fingerprint density at radius 2 is 1.90 bits per heavy atom. The van der Waals surface area contributed by atoms with Crippen LogP contribution >= 0.6 is 22.9 Å². The predicted molar refractivity (Wildman–Crippen MR) is 154 cm³/mol. The van der Waals surface area contributed by atoms with E-state index in [2.05, 4.69) is 21.7 Å². The molecule has 0 N–H and O–H groups in total. The van der Waals surface area contributed by atoms with Crippen LogP contribution in [0.1, 0.15) is 19.4 Å². The van der Waals surface area contributed by atoms with Crippen molar-refractivity contribution in [2.24, 2.45) is 16.9 Å². The Bertz CT molecular complexity index is 1390. The van der Waals surface area contributed by atoms with Crippen LogP contribution in [-0.4, -0.2) is 76.6 Å². The Hall–Kier alpha value is -3.47. The second kappa shape index (κ2) is 11.3. The highest BCUT2D eigenvalue weighted by Gasteiger charge is 2.42. The molecule has 2 aromatic carbocycles. The molecule has 9 nitrogen and oxygen atoms in total. The fourth-order valence-corrected chi connectivity index (χ4v) is 6.21. The van der Waals surface area contributed by atoms with E-state index in [1.165, 1.54) is 28.2 Å². The van der Waals surface area contributed by atoms with Crippen LogP contribution in [0, 0.1) is 11.8 Å². The molecule has 2 aliphatic heterocycles. The molecule has 1 aromatic heterocycles. The van der Waals surface area contributed by atoms with E-state index in [1.54, 1.807) is 20.2 Å². The molecule has 3 heterocycles. The number of carbonyl (C=O) groups is 2. The minimum atomic E-state index is -0.228. The van der Waals surface area contributed by atoms with E-state index < -0.39 is 0 Å². The summed E-state index contributed by atoms with van der Waals surface area (Å²) in [5.74, 6) is 1.30. The van der Waals surface area contributed by atoms with Crippen LogP contribution in [-0.2, 0) is 11.3 Å². The molecule has 11 heteroatoms. The number of para-hydroxylation sites is 1. The van der Waals surface area contributed by atoms with Crippen molar-refractivity contribution in [3.05, 3.63) is 64.9 Å². The number of benzene rings is 2. The zero-order valence-electron chi connectivity index (χ0n) is 22.2. The van der Waals surface area contributed by atoms with Gasteiger partial charge < -0.3 is 14.5 Å². The summed E-state index contributed by atoms with van der Waals surface area (Å²) in [4.78, 5) is 34.9. The molecule has 3 aromatic rings. The van der Waals surface area contributed by atoms with Gasteiger partial charge in [0.25, 0.3) is 5.19 Å². The zero-order chi connectivity index (χ0) is 27.7. The highest BCUT2D eigenvalue weighted by Crippen LogP contribution is 2.35. The lowest BCUT2D eigenvalue weighted by Crippen LogP contribution is -2.39. The van der Waals surface area contributed by atoms with Gasteiger partial charge in [-0.2, -0.15) is 10.1 Å². The summed E-state index contributed by atoms with van der Waals surface area (Å²) in [6.07, 6.45) is 1.54. The first-order chi connectivity index (χ1) is 18.7. The summed E-state index contributed by atoms with van der Waals surface area (Å²) in [7, 11) is 1.66. The van der Waals surface area contributed by atoms with Crippen molar-refractivity contribution in [1.29, 1.82) is 0 Å². The second-order valence-electron chi connectivity index (χ2n) is 10.0. The Balaban J connectivity index is 1.16. The molecule has 0 saturated carbocycles. The third-order valence-electron chi connectivity index (χ3n) is 7.39. The predicted octanol–water partition coefficient (Wildman–Crippen LogP) is 5.48. The normalized spacial score (nSPS) is 19.3. The zero-order valence-corrected chi connectivity index (χ0v) is 23.8. The van der Waals surface area contributed by atoms with Gasteiger partial charge in [0.15, 0.2) is 0 Å². The number of hydrogen-bond acceptors (Lipinski definition) is 7. The van der Waals surface area contributed by atoms with Crippen molar-refractivity contribution in [1.82, 2.24) is 24.7 Å². The van der Waals surface area contributed by atoms with E-state index >= 15 is 0 Å². The number of ether oxygens (including phenoxy) is 1. The van der Waals surface area contributed by atoms with Gasteiger partial charge in [-0.1, -0.05) is 41.1 Å². The molecule has 204 valence electrons. The molecule has 2 aliphatic rings. The first-order valence-corrected chi connectivity index (χ1v) is 13.9. The molecule has 5 rings (SSSR count). The third kappa shape index (κ3) is 5.93. The number of carbonyl (C=O) groups excluding carboxylic acids is 2. The molecule has 0 bridgehead atoms. The Kier molecular flexibility index (Phi) is 7.88. The topological polar surface area (TPSA) is 81.6 Å². The van der Waals surface area contributed by atoms with Crippen LogP contribution in [0.2, 0.25) is 5.02 Å². The Morgan fingerprint density at radius 1 is 1.18 bits per heavy atom. The standard InChI is InChI=1S/C28H31ClN6O3S/c1-18(32(4)19(2)36)12-35(30-3)28(37)34-16-21-14-33(15-22(21)17-34)13-20-9-10-23(11-24(20)29)38-27-31-25-7-5-6-8-26(25)39-27/h5-12,21-22H,3,13-17H2,1-2,4H3/b18-12+.